The van der Waals surface area contributed by atoms with E-state index in [4.69, 9.17) is 5.11 Å². The van der Waals surface area contributed by atoms with E-state index in [-0.39, 0.29) is 19.3 Å². The van der Waals surface area contributed by atoms with Crippen molar-refractivity contribution in [2.75, 3.05) is 6.54 Å². The number of ketones is 1. The molecule has 0 fully saturated rings. The number of unbranched alkanes of at least 4 members (excludes halogenated alkanes) is 4. The molecule has 0 bridgehead atoms. The molecule has 2 amide bonds. The monoisotopic (exact) mass is 548 g/mol. The zero-order valence-electron chi connectivity index (χ0n) is 21.7. The van der Waals surface area contributed by atoms with Crippen LogP contribution in [0.5, 0.6) is 0 Å². The molecule has 0 saturated heterocycles. The fourth-order valence-corrected chi connectivity index (χ4v) is 4.11. The quantitative estimate of drug-likeness (QED) is 0.250. The number of nitrogens with one attached hydrogen (secondary N) is 2. The number of benzene rings is 2. The van der Waals surface area contributed by atoms with Crippen LogP contribution in [0.4, 0.5) is 13.2 Å². The topological polar surface area (TPSA) is 113 Å². The van der Waals surface area contributed by atoms with Crippen molar-refractivity contribution < 1.29 is 37.5 Å². The van der Waals surface area contributed by atoms with Gasteiger partial charge in [0.1, 0.15) is 6.04 Å². The van der Waals surface area contributed by atoms with Crippen LogP contribution in [0.2, 0.25) is 0 Å². The van der Waals surface area contributed by atoms with Crippen LogP contribution in [0.1, 0.15) is 56.1 Å². The van der Waals surface area contributed by atoms with E-state index in [1.807, 2.05) is 0 Å². The lowest BCUT2D eigenvalue weighted by Gasteiger charge is -2.23. The Morgan fingerprint density at radius 3 is 1.85 bits per heavy atom. The predicted octanol–water partition coefficient (Wildman–Crippen LogP) is 4.64. The third-order valence-electron chi connectivity index (χ3n) is 6.23. The van der Waals surface area contributed by atoms with Crippen LogP contribution in [0.15, 0.2) is 60.7 Å². The molecule has 3 N–H and O–H groups in total. The summed E-state index contributed by atoms with van der Waals surface area (Å²) in [4.78, 5) is 48.5. The summed E-state index contributed by atoms with van der Waals surface area (Å²) in [5.74, 6) is -5.41. The van der Waals surface area contributed by atoms with Crippen molar-refractivity contribution in [1.29, 1.82) is 0 Å². The van der Waals surface area contributed by atoms with Crippen LogP contribution < -0.4 is 10.6 Å². The maximum absolute atomic E-state index is 13.2. The second-order valence-electron chi connectivity index (χ2n) is 9.47. The highest BCUT2D eigenvalue weighted by molar-refractivity contribution is 5.92. The van der Waals surface area contributed by atoms with Crippen molar-refractivity contribution in [1.82, 2.24) is 10.6 Å². The Hall–Kier alpha value is -3.69. The van der Waals surface area contributed by atoms with Gasteiger partial charge >= 0.3 is 12.1 Å². The van der Waals surface area contributed by atoms with E-state index in [1.54, 1.807) is 60.7 Å². The van der Waals surface area contributed by atoms with Gasteiger partial charge in [0.15, 0.2) is 0 Å². The average molecular weight is 549 g/mol. The number of hydrogen-bond acceptors (Lipinski definition) is 4. The highest BCUT2D eigenvalue weighted by Gasteiger charge is 2.41. The van der Waals surface area contributed by atoms with Crippen LogP contribution in [-0.4, -0.2) is 47.4 Å². The SMILES string of the molecule is O=C(O)CCCCCCCNC(=O)[C@@H](Cc1ccccc1)NC(=O)[C@H](CC(=O)C(F)(F)F)Cc1ccccc1. The molecule has 2 atom stereocenters. The van der Waals surface area contributed by atoms with Crippen molar-refractivity contribution in [3.05, 3.63) is 71.8 Å². The van der Waals surface area contributed by atoms with Gasteiger partial charge in [-0.1, -0.05) is 79.9 Å². The number of carbonyl (C=O) groups is 4. The van der Waals surface area contributed by atoms with Crippen molar-refractivity contribution in [3.8, 4) is 0 Å². The number of Topliss-reactive ketones (excluding diaryl/α,β-unsaturated/α-hetero) is 1. The fraction of sp³-hybridized carbons (Fsp3) is 0.448. The van der Waals surface area contributed by atoms with Gasteiger partial charge in [-0.05, 0) is 30.4 Å². The molecule has 0 saturated carbocycles. The Balaban J connectivity index is 2.05. The molecule has 0 spiro atoms. The van der Waals surface area contributed by atoms with Crippen LogP contribution in [0.25, 0.3) is 0 Å². The molecule has 212 valence electrons. The standard InChI is InChI=1S/C29H35F3N2O5/c30-29(31,32)25(35)20-23(18-21-12-6-4-7-13-21)27(38)34-24(19-22-14-8-5-9-15-22)28(39)33-17-11-3-1-2-10-16-26(36)37/h4-9,12-15,23-24H,1-3,10-11,16-20H2,(H,33,39)(H,34,38)(H,36,37)/t23-,24+/m0/s1. The summed E-state index contributed by atoms with van der Waals surface area (Å²) < 4.78 is 39.1. The molecule has 2 aromatic carbocycles. The molecule has 0 aliphatic carbocycles. The first-order chi connectivity index (χ1) is 18.6. The second kappa shape index (κ2) is 16.3. The van der Waals surface area contributed by atoms with E-state index in [0.717, 1.165) is 24.8 Å². The zero-order valence-corrected chi connectivity index (χ0v) is 21.7. The second-order valence-corrected chi connectivity index (χ2v) is 9.47. The molecule has 0 aliphatic heterocycles. The summed E-state index contributed by atoms with van der Waals surface area (Å²) in [6.45, 7) is 0.332. The summed E-state index contributed by atoms with van der Waals surface area (Å²) in [5.41, 5.74) is 1.35. The van der Waals surface area contributed by atoms with Gasteiger partial charge < -0.3 is 15.7 Å². The number of alkyl halides is 3. The van der Waals surface area contributed by atoms with E-state index in [0.29, 0.717) is 24.9 Å². The normalized spacial score (nSPS) is 12.8. The van der Waals surface area contributed by atoms with Crippen LogP contribution in [0, 0.1) is 5.92 Å². The van der Waals surface area contributed by atoms with E-state index >= 15 is 0 Å². The van der Waals surface area contributed by atoms with E-state index in [1.165, 1.54) is 0 Å². The molecule has 0 aliphatic rings. The Labute approximate surface area is 226 Å². The minimum atomic E-state index is -5.07. The fourth-order valence-electron chi connectivity index (χ4n) is 4.11. The van der Waals surface area contributed by atoms with Crippen molar-refractivity contribution in [2.24, 2.45) is 5.92 Å². The van der Waals surface area contributed by atoms with E-state index in [9.17, 15) is 32.3 Å². The third-order valence-corrected chi connectivity index (χ3v) is 6.23. The molecule has 0 aromatic heterocycles. The third kappa shape index (κ3) is 12.6. The lowest BCUT2D eigenvalue weighted by atomic mass is 9.92. The van der Waals surface area contributed by atoms with Gasteiger partial charge in [0.05, 0.1) is 0 Å². The molecular weight excluding hydrogens is 513 g/mol. The van der Waals surface area contributed by atoms with E-state index < -0.39 is 48.1 Å². The van der Waals surface area contributed by atoms with Crippen molar-refractivity contribution >= 4 is 23.6 Å². The first kappa shape index (κ1) is 31.5. The number of carboxylic acid groups (broad SMARTS) is 1. The number of rotatable bonds is 17. The molecule has 2 aromatic rings. The summed E-state index contributed by atoms with van der Waals surface area (Å²) in [7, 11) is 0. The first-order valence-corrected chi connectivity index (χ1v) is 13.0. The van der Waals surface area contributed by atoms with Gasteiger partial charge in [0.2, 0.25) is 17.6 Å². The Morgan fingerprint density at radius 2 is 1.28 bits per heavy atom. The highest BCUT2D eigenvalue weighted by atomic mass is 19.4. The summed E-state index contributed by atoms with van der Waals surface area (Å²) in [6, 6.07) is 16.3. The molecule has 7 nitrogen and oxygen atoms in total. The van der Waals surface area contributed by atoms with Gasteiger partial charge in [0.25, 0.3) is 0 Å². The lowest BCUT2D eigenvalue weighted by Crippen LogP contribution is -2.50. The van der Waals surface area contributed by atoms with Gasteiger partial charge in [-0.25, -0.2) is 0 Å². The molecule has 10 heteroatoms. The maximum Gasteiger partial charge on any atom is 0.449 e. The lowest BCUT2D eigenvalue weighted by molar-refractivity contribution is -0.172. The molecule has 2 rings (SSSR count). The summed E-state index contributed by atoms with van der Waals surface area (Å²) in [6.07, 6.45) is -2.31. The molecule has 0 radical (unpaired) electrons. The Morgan fingerprint density at radius 1 is 0.744 bits per heavy atom. The Bertz CT molecular complexity index is 1060. The van der Waals surface area contributed by atoms with Crippen molar-refractivity contribution in [2.45, 2.75) is 70.0 Å². The largest absolute Gasteiger partial charge is 0.481 e. The predicted molar refractivity (Wildman–Crippen MR) is 140 cm³/mol. The molecular formula is C29H35F3N2O5. The van der Waals surface area contributed by atoms with Crippen molar-refractivity contribution in [3.63, 3.8) is 0 Å². The summed E-state index contributed by atoms with van der Waals surface area (Å²) in [5, 5.41) is 14.1. The van der Waals surface area contributed by atoms with Crippen LogP contribution in [0.3, 0.4) is 0 Å². The molecule has 0 heterocycles. The maximum atomic E-state index is 13.2. The first-order valence-electron chi connectivity index (χ1n) is 13.0. The van der Waals surface area contributed by atoms with Crippen LogP contribution >= 0.6 is 0 Å². The van der Waals surface area contributed by atoms with Crippen LogP contribution in [-0.2, 0) is 32.0 Å². The van der Waals surface area contributed by atoms with Gasteiger partial charge in [0, 0.05) is 31.7 Å². The van der Waals surface area contributed by atoms with E-state index in [2.05, 4.69) is 10.6 Å². The smallest absolute Gasteiger partial charge is 0.449 e. The molecule has 39 heavy (non-hydrogen) atoms. The number of carbonyl (C=O) groups excluding carboxylic acids is 3. The van der Waals surface area contributed by atoms with Gasteiger partial charge in [-0.3, -0.25) is 19.2 Å². The number of hydrogen-bond donors (Lipinski definition) is 3. The number of aliphatic carboxylic acids is 1. The average Bonchev–Trinajstić information content (AvgIpc) is 2.89. The summed E-state index contributed by atoms with van der Waals surface area (Å²) >= 11 is 0. The number of amides is 2. The zero-order chi connectivity index (χ0) is 28.7. The van der Waals surface area contributed by atoms with Gasteiger partial charge in [-0.2, -0.15) is 13.2 Å². The Kier molecular flexibility index (Phi) is 13.2. The number of carboxylic acids is 1. The number of halogens is 3. The highest BCUT2D eigenvalue weighted by Crippen LogP contribution is 2.23. The molecule has 0 unspecified atom stereocenters. The minimum absolute atomic E-state index is 0.0873. The minimum Gasteiger partial charge on any atom is -0.481 e. The van der Waals surface area contributed by atoms with Gasteiger partial charge in [-0.15, -0.1) is 0 Å².